The number of rotatable bonds is 4. The number of imidazole rings is 1. The molecular weight excluding hydrogens is 182 g/mol. The van der Waals surface area contributed by atoms with E-state index in [1.807, 2.05) is 24.6 Å². The lowest BCUT2D eigenvalue weighted by atomic mass is 10.3. The topological polar surface area (TPSA) is 67.2 Å². The quantitative estimate of drug-likeness (QED) is 0.722. The molecule has 0 radical (unpaired) electrons. The Morgan fingerprint density at radius 1 is 1.71 bits per heavy atom. The summed E-state index contributed by atoms with van der Waals surface area (Å²) in [5.74, 6) is -0.0118. The van der Waals surface area contributed by atoms with Crippen LogP contribution in [0.1, 0.15) is 11.5 Å². The van der Waals surface area contributed by atoms with Gasteiger partial charge in [0.2, 0.25) is 0 Å². The molecule has 0 aromatic carbocycles. The highest BCUT2D eigenvalue weighted by Crippen LogP contribution is 2.02. The molecule has 0 fully saturated rings. The standard InChI is InChI=1S/C9H15N3O2/c1-6-4-12(7(2)11-6)5-8(10-3)9(13)14/h4,8,10H,5H2,1-3H3,(H,13,14). The van der Waals surface area contributed by atoms with Gasteiger partial charge in [-0.2, -0.15) is 0 Å². The molecule has 0 aliphatic rings. The van der Waals surface area contributed by atoms with Crippen molar-refractivity contribution < 1.29 is 9.90 Å². The zero-order valence-electron chi connectivity index (χ0n) is 8.61. The molecule has 1 unspecified atom stereocenters. The molecule has 0 amide bonds. The van der Waals surface area contributed by atoms with Crippen molar-refractivity contribution in [2.75, 3.05) is 7.05 Å². The lowest BCUT2D eigenvalue weighted by Crippen LogP contribution is -2.37. The van der Waals surface area contributed by atoms with Crippen LogP contribution in [0.5, 0.6) is 0 Å². The summed E-state index contributed by atoms with van der Waals surface area (Å²) in [4.78, 5) is 15.0. The van der Waals surface area contributed by atoms with E-state index in [-0.39, 0.29) is 0 Å². The van der Waals surface area contributed by atoms with E-state index in [9.17, 15) is 4.79 Å². The maximum Gasteiger partial charge on any atom is 0.322 e. The minimum absolute atomic E-state index is 0.401. The summed E-state index contributed by atoms with van der Waals surface area (Å²) in [5, 5.41) is 11.6. The van der Waals surface area contributed by atoms with Crippen LogP contribution in [0.4, 0.5) is 0 Å². The molecule has 0 aliphatic carbocycles. The summed E-state index contributed by atoms with van der Waals surface area (Å²) >= 11 is 0. The SMILES string of the molecule is CNC(Cn1cc(C)nc1C)C(=O)O. The normalized spacial score (nSPS) is 12.8. The van der Waals surface area contributed by atoms with Crippen LogP contribution in [0, 0.1) is 13.8 Å². The highest BCUT2D eigenvalue weighted by atomic mass is 16.4. The van der Waals surface area contributed by atoms with Crippen molar-refractivity contribution in [1.82, 2.24) is 14.9 Å². The number of aliphatic carboxylic acids is 1. The summed E-state index contributed by atoms with van der Waals surface area (Å²) in [7, 11) is 1.64. The van der Waals surface area contributed by atoms with Crippen LogP contribution >= 0.6 is 0 Å². The third-order valence-corrected chi connectivity index (χ3v) is 2.12. The Hall–Kier alpha value is -1.36. The molecule has 1 aromatic heterocycles. The first-order valence-electron chi connectivity index (χ1n) is 4.45. The monoisotopic (exact) mass is 197 g/mol. The molecule has 1 aromatic rings. The van der Waals surface area contributed by atoms with Crippen molar-refractivity contribution in [3.8, 4) is 0 Å². The number of aryl methyl sites for hydroxylation is 2. The number of nitrogens with zero attached hydrogens (tertiary/aromatic N) is 2. The fraction of sp³-hybridized carbons (Fsp3) is 0.556. The van der Waals surface area contributed by atoms with Crippen molar-refractivity contribution in [2.24, 2.45) is 0 Å². The summed E-state index contributed by atoms with van der Waals surface area (Å²) in [6.07, 6.45) is 1.85. The molecule has 1 rings (SSSR count). The Labute approximate surface area is 82.8 Å². The van der Waals surface area contributed by atoms with Crippen LogP contribution in [-0.2, 0) is 11.3 Å². The zero-order chi connectivity index (χ0) is 10.7. The lowest BCUT2D eigenvalue weighted by molar-refractivity contribution is -0.139. The summed E-state index contributed by atoms with van der Waals surface area (Å²) in [5.41, 5.74) is 0.905. The van der Waals surface area contributed by atoms with E-state index in [1.165, 1.54) is 0 Å². The van der Waals surface area contributed by atoms with Gasteiger partial charge in [0.1, 0.15) is 11.9 Å². The van der Waals surface area contributed by atoms with Crippen LogP contribution in [0.15, 0.2) is 6.20 Å². The number of carboxylic acid groups (broad SMARTS) is 1. The van der Waals surface area contributed by atoms with Crippen LogP contribution < -0.4 is 5.32 Å². The predicted molar refractivity (Wildman–Crippen MR) is 52.2 cm³/mol. The van der Waals surface area contributed by atoms with Gasteiger partial charge in [-0.25, -0.2) is 4.98 Å². The highest BCUT2D eigenvalue weighted by molar-refractivity contribution is 5.73. The summed E-state index contributed by atoms with van der Waals surface area (Å²) in [6.45, 7) is 4.15. The minimum Gasteiger partial charge on any atom is -0.480 e. The first kappa shape index (κ1) is 10.7. The van der Waals surface area contributed by atoms with Crippen LogP contribution in [0.2, 0.25) is 0 Å². The minimum atomic E-state index is -0.849. The molecule has 0 aliphatic heterocycles. The Balaban J connectivity index is 2.76. The van der Waals surface area contributed by atoms with Crippen molar-refractivity contribution in [3.63, 3.8) is 0 Å². The van der Waals surface area contributed by atoms with Crippen LogP contribution in [0.3, 0.4) is 0 Å². The van der Waals surface area contributed by atoms with Crippen molar-refractivity contribution in [3.05, 3.63) is 17.7 Å². The smallest absolute Gasteiger partial charge is 0.322 e. The highest BCUT2D eigenvalue weighted by Gasteiger charge is 2.16. The number of nitrogens with one attached hydrogen (secondary N) is 1. The van der Waals surface area contributed by atoms with Crippen LogP contribution in [-0.4, -0.2) is 33.7 Å². The first-order chi connectivity index (χ1) is 6.54. The average Bonchev–Trinajstić information content (AvgIpc) is 2.40. The number of aromatic nitrogens is 2. The molecule has 2 N–H and O–H groups in total. The predicted octanol–water partition coefficient (Wildman–Crippen LogP) is 0.173. The Kier molecular flexibility index (Phi) is 3.24. The number of hydrogen-bond donors (Lipinski definition) is 2. The average molecular weight is 197 g/mol. The maximum atomic E-state index is 10.8. The van der Waals surface area contributed by atoms with Gasteiger partial charge in [-0.3, -0.25) is 4.79 Å². The second kappa shape index (κ2) is 4.23. The second-order valence-electron chi connectivity index (χ2n) is 3.26. The van der Waals surface area contributed by atoms with Gasteiger partial charge in [0.15, 0.2) is 0 Å². The Morgan fingerprint density at radius 2 is 2.36 bits per heavy atom. The molecule has 14 heavy (non-hydrogen) atoms. The van der Waals surface area contributed by atoms with E-state index in [1.54, 1.807) is 7.05 Å². The van der Waals surface area contributed by atoms with Gasteiger partial charge in [0.05, 0.1) is 5.69 Å². The maximum absolute atomic E-state index is 10.8. The first-order valence-corrected chi connectivity index (χ1v) is 4.45. The van der Waals surface area contributed by atoms with E-state index in [2.05, 4.69) is 10.3 Å². The third kappa shape index (κ3) is 2.32. The van der Waals surface area contributed by atoms with Crippen molar-refractivity contribution >= 4 is 5.97 Å². The van der Waals surface area contributed by atoms with E-state index in [0.29, 0.717) is 6.54 Å². The molecule has 0 spiro atoms. The summed E-state index contributed by atoms with van der Waals surface area (Å²) in [6, 6.07) is -0.567. The van der Waals surface area contributed by atoms with Crippen LogP contribution in [0.25, 0.3) is 0 Å². The molecule has 78 valence electrons. The molecule has 1 heterocycles. The second-order valence-corrected chi connectivity index (χ2v) is 3.26. The molecule has 1 atom stereocenters. The van der Waals surface area contributed by atoms with E-state index < -0.39 is 12.0 Å². The van der Waals surface area contributed by atoms with Gasteiger partial charge < -0.3 is 15.0 Å². The Morgan fingerprint density at radius 3 is 2.71 bits per heavy atom. The fourth-order valence-electron chi connectivity index (χ4n) is 1.34. The fourth-order valence-corrected chi connectivity index (χ4v) is 1.34. The Bertz CT molecular complexity index is 333. The molecule has 5 nitrogen and oxygen atoms in total. The molecule has 0 saturated carbocycles. The van der Waals surface area contributed by atoms with E-state index in [4.69, 9.17) is 5.11 Å². The summed E-state index contributed by atoms with van der Waals surface area (Å²) < 4.78 is 1.84. The number of hydrogen-bond acceptors (Lipinski definition) is 3. The van der Waals surface area contributed by atoms with Gasteiger partial charge in [-0.15, -0.1) is 0 Å². The van der Waals surface area contributed by atoms with E-state index >= 15 is 0 Å². The van der Waals surface area contributed by atoms with Crippen molar-refractivity contribution in [1.29, 1.82) is 0 Å². The van der Waals surface area contributed by atoms with Gasteiger partial charge in [-0.1, -0.05) is 0 Å². The number of carbonyl (C=O) groups is 1. The van der Waals surface area contributed by atoms with E-state index in [0.717, 1.165) is 11.5 Å². The van der Waals surface area contributed by atoms with Gasteiger partial charge in [0, 0.05) is 12.7 Å². The lowest BCUT2D eigenvalue weighted by Gasteiger charge is -2.12. The third-order valence-electron chi connectivity index (χ3n) is 2.12. The number of carboxylic acids is 1. The molecule has 0 saturated heterocycles. The largest absolute Gasteiger partial charge is 0.480 e. The van der Waals surface area contributed by atoms with Gasteiger partial charge >= 0.3 is 5.97 Å². The molecular formula is C9H15N3O2. The zero-order valence-corrected chi connectivity index (χ0v) is 8.61. The number of likely N-dealkylation sites (N-methyl/N-ethyl adjacent to an activating group) is 1. The van der Waals surface area contributed by atoms with Gasteiger partial charge in [0.25, 0.3) is 0 Å². The molecule has 0 bridgehead atoms. The van der Waals surface area contributed by atoms with Gasteiger partial charge in [-0.05, 0) is 20.9 Å². The molecule has 5 heteroatoms. The van der Waals surface area contributed by atoms with Crippen molar-refractivity contribution in [2.45, 2.75) is 26.4 Å².